The number of rotatable bonds is 5. The Morgan fingerprint density at radius 1 is 1.48 bits per heavy atom. The number of aromatic nitrogens is 2. The van der Waals surface area contributed by atoms with Crippen molar-refractivity contribution in [2.45, 2.75) is 39.7 Å². The minimum atomic E-state index is -0.931. The predicted molar refractivity (Wildman–Crippen MR) is 76.4 cm³/mol. The molecule has 0 aliphatic rings. The Balaban J connectivity index is 2.39. The highest BCUT2D eigenvalue weighted by atomic mass is 16.4. The van der Waals surface area contributed by atoms with E-state index in [0.717, 1.165) is 5.76 Å². The fourth-order valence-corrected chi connectivity index (χ4v) is 2.51. The van der Waals surface area contributed by atoms with E-state index in [0.29, 0.717) is 29.9 Å². The summed E-state index contributed by atoms with van der Waals surface area (Å²) in [5, 5.41) is 9.19. The number of carboxylic acid groups (broad SMARTS) is 1. The molecule has 0 radical (unpaired) electrons. The fourth-order valence-electron chi connectivity index (χ4n) is 2.51. The van der Waals surface area contributed by atoms with E-state index in [1.165, 1.54) is 4.57 Å². The van der Waals surface area contributed by atoms with Crippen LogP contribution >= 0.6 is 0 Å². The largest absolute Gasteiger partial charge is 0.481 e. The van der Waals surface area contributed by atoms with Gasteiger partial charge in [0.2, 0.25) is 0 Å². The van der Waals surface area contributed by atoms with Crippen LogP contribution in [0.3, 0.4) is 0 Å². The molecule has 2 aromatic heterocycles. The Morgan fingerprint density at radius 3 is 2.76 bits per heavy atom. The predicted octanol–water partition coefficient (Wildman–Crippen LogP) is 1.88. The number of aryl methyl sites for hydroxylation is 2. The lowest BCUT2D eigenvalue weighted by molar-refractivity contribution is -0.138. The Bertz CT molecular complexity index is 701. The first-order valence-electron chi connectivity index (χ1n) is 6.75. The fraction of sp³-hybridized carbons (Fsp3) is 0.400. The van der Waals surface area contributed by atoms with E-state index in [4.69, 9.17) is 4.42 Å². The number of furan rings is 1. The molecule has 0 saturated heterocycles. The summed E-state index contributed by atoms with van der Waals surface area (Å²) in [6, 6.07) is 3.62. The van der Waals surface area contributed by atoms with E-state index >= 15 is 0 Å². The lowest BCUT2D eigenvalue weighted by Gasteiger charge is -2.17. The number of aliphatic carboxylic acids is 1. The van der Waals surface area contributed by atoms with E-state index in [-0.39, 0.29) is 5.69 Å². The van der Waals surface area contributed by atoms with Crippen LogP contribution in [0.25, 0.3) is 0 Å². The van der Waals surface area contributed by atoms with Gasteiger partial charge in [-0.2, -0.15) is 4.98 Å². The van der Waals surface area contributed by atoms with Crippen molar-refractivity contribution in [2.24, 2.45) is 0 Å². The maximum absolute atomic E-state index is 12.0. The molecule has 2 heterocycles. The van der Waals surface area contributed by atoms with E-state index in [9.17, 15) is 14.7 Å². The van der Waals surface area contributed by atoms with Gasteiger partial charge >= 0.3 is 11.7 Å². The summed E-state index contributed by atoms with van der Waals surface area (Å²) >= 11 is 0. The Kier molecular flexibility index (Phi) is 4.26. The molecule has 0 bridgehead atoms. The third-order valence-corrected chi connectivity index (χ3v) is 3.64. The number of carboxylic acids is 1. The lowest BCUT2D eigenvalue weighted by atomic mass is 9.98. The van der Waals surface area contributed by atoms with Crippen LogP contribution in [-0.2, 0) is 17.8 Å². The summed E-state index contributed by atoms with van der Waals surface area (Å²) in [5.74, 6) is -0.859. The van der Waals surface area contributed by atoms with Crippen molar-refractivity contribution >= 4 is 5.97 Å². The van der Waals surface area contributed by atoms with Crippen molar-refractivity contribution in [1.29, 1.82) is 0 Å². The highest BCUT2D eigenvalue weighted by Gasteiger charge is 2.22. The van der Waals surface area contributed by atoms with Crippen molar-refractivity contribution in [1.82, 2.24) is 9.55 Å². The summed E-state index contributed by atoms with van der Waals surface area (Å²) in [4.78, 5) is 27.2. The Hall–Kier alpha value is -2.37. The third-order valence-electron chi connectivity index (χ3n) is 3.64. The minimum Gasteiger partial charge on any atom is -0.481 e. The molecule has 0 aliphatic carbocycles. The zero-order chi connectivity index (χ0) is 15.6. The smallest absolute Gasteiger partial charge is 0.347 e. The molecule has 0 amide bonds. The molecule has 0 fully saturated rings. The zero-order valence-corrected chi connectivity index (χ0v) is 12.3. The number of nitrogens with zero attached hydrogens (tertiary/aromatic N) is 2. The van der Waals surface area contributed by atoms with Crippen LogP contribution < -0.4 is 5.69 Å². The van der Waals surface area contributed by atoms with E-state index in [2.05, 4.69) is 4.98 Å². The van der Waals surface area contributed by atoms with Gasteiger partial charge in [-0.25, -0.2) is 4.79 Å². The van der Waals surface area contributed by atoms with Crippen LogP contribution in [-0.4, -0.2) is 20.6 Å². The van der Waals surface area contributed by atoms with Crippen LogP contribution in [0.5, 0.6) is 0 Å². The molecule has 21 heavy (non-hydrogen) atoms. The van der Waals surface area contributed by atoms with Gasteiger partial charge in [-0.3, -0.25) is 9.36 Å². The van der Waals surface area contributed by atoms with Gasteiger partial charge in [0, 0.05) is 29.9 Å². The first kappa shape index (κ1) is 15.0. The Morgan fingerprint density at radius 2 is 2.19 bits per heavy atom. The molecule has 1 atom stereocenters. The quantitative estimate of drug-likeness (QED) is 0.908. The second-order valence-corrected chi connectivity index (χ2v) is 5.02. The van der Waals surface area contributed by atoms with E-state index in [1.54, 1.807) is 33.1 Å². The van der Waals surface area contributed by atoms with Gasteiger partial charge in [-0.15, -0.1) is 0 Å². The second kappa shape index (κ2) is 5.95. The lowest BCUT2D eigenvalue weighted by Crippen LogP contribution is -2.30. The van der Waals surface area contributed by atoms with Crippen molar-refractivity contribution in [2.75, 3.05) is 0 Å². The maximum atomic E-state index is 12.0. The molecule has 112 valence electrons. The van der Waals surface area contributed by atoms with E-state index in [1.807, 2.05) is 6.07 Å². The first-order chi connectivity index (χ1) is 9.91. The van der Waals surface area contributed by atoms with Gasteiger partial charge < -0.3 is 9.52 Å². The van der Waals surface area contributed by atoms with Gasteiger partial charge in [0.25, 0.3) is 0 Å². The van der Waals surface area contributed by atoms with Crippen molar-refractivity contribution in [3.63, 3.8) is 0 Å². The van der Waals surface area contributed by atoms with Gasteiger partial charge in [-0.05, 0) is 32.9 Å². The molecular weight excluding hydrogens is 272 g/mol. The maximum Gasteiger partial charge on any atom is 0.347 e. The number of hydrogen-bond acceptors (Lipinski definition) is 4. The highest BCUT2D eigenvalue weighted by Crippen LogP contribution is 2.21. The van der Waals surface area contributed by atoms with Gasteiger partial charge in [0.05, 0.1) is 12.2 Å². The SMILES string of the molecule is Cc1nc(=O)n(CCc2ccco2)c(C)c1C(C)C(=O)O. The van der Waals surface area contributed by atoms with Crippen LogP contribution in [0.15, 0.2) is 27.6 Å². The van der Waals surface area contributed by atoms with Crippen LogP contribution in [0.4, 0.5) is 0 Å². The Labute approximate surface area is 122 Å². The average molecular weight is 290 g/mol. The molecule has 1 unspecified atom stereocenters. The molecule has 6 heteroatoms. The van der Waals surface area contributed by atoms with Gasteiger partial charge in [0.1, 0.15) is 5.76 Å². The molecule has 0 saturated carbocycles. The first-order valence-corrected chi connectivity index (χ1v) is 6.75. The molecule has 2 rings (SSSR count). The van der Waals surface area contributed by atoms with Crippen LogP contribution in [0, 0.1) is 13.8 Å². The number of carbonyl (C=O) groups is 1. The average Bonchev–Trinajstić information content (AvgIpc) is 2.90. The van der Waals surface area contributed by atoms with Gasteiger partial charge in [-0.1, -0.05) is 0 Å². The van der Waals surface area contributed by atoms with Gasteiger partial charge in [0.15, 0.2) is 0 Å². The summed E-state index contributed by atoms with van der Waals surface area (Å²) in [7, 11) is 0. The van der Waals surface area contributed by atoms with Crippen molar-refractivity contribution < 1.29 is 14.3 Å². The molecule has 0 aromatic carbocycles. The summed E-state index contributed by atoms with van der Waals surface area (Å²) in [5.41, 5.74) is 1.36. The van der Waals surface area contributed by atoms with E-state index < -0.39 is 11.9 Å². The molecule has 0 aliphatic heterocycles. The molecule has 0 spiro atoms. The van der Waals surface area contributed by atoms with Crippen molar-refractivity contribution in [3.05, 3.63) is 51.6 Å². The van der Waals surface area contributed by atoms with Crippen LogP contribution in [0.1, 0.15) is 35.6 Å². The summed E-state index contributed by atoms with van der Waals surface area (Å²) < 4.78 is 6.75. The standard InChI is InChI=1S/C15H18N2O4/c1-9(14(18)19)13-10(2)16-15(20)17(11(13)3)7-6-12-5-4-8-21-12/h4-5,8-9H,6-7H2,1-3H3,(H,18,19). The topological polar surface area (TPSA) is 85.3 Å². The monoisotopic (exact) mass is 290 g/mol. The molecule has 2 aromatic rings. The molecule has 1 N–H and O–H groups in total. The molecular formula is C15H18N2O4. The summed E-state index contributed by atoms with van der Waals surface area (Å²) in [6.07, 6.45) is 2.13. The second-order valence-electron chi connectivity index (χ2n) is 5.02. The molecule has 6 nitrogen and oxygen atoms in total. The minimum absolute atomic E-state index is 0.363. The van der Waals surface area contributed by atoms with Crippen molar-refractivity contribution in [3.8, 4) is 0 Å². The normalized spacial score (nSPS) is 12.3. The van der Waals surface area contributed by atoms with Crippen LogP contribution in [0.2, 0.25) is 0 Å². The third kappa shape index (κ3) is 3.04. The zero-order valence-electron chi connectivity index (χ0n) is 12.3. The highest BCUT2D eigenvalue weighted by molar-refractivity contribution is 5.76. The number of hydrogen-bond donors (Lipinski definition) is 1. The summed E-state index contributed by atoms with van der Waals surface area (Å²) in [6.45, 7) is 5.43.